The molecule has 1 amide bonds. The number of phenolic OH excluding ortho intramolecular Hbond substituents is 1. The van der Waals surface area contributed by atoms with Crippen LogP contribution in [0.15, 0.2) is 133 Å². The van der Waals surface area contributed by atoms with Crippen molar-refractivity contribution in [2.45, 2.75) is 43.7 Å². The standard InChI is InChI=1S/C42H37N7O5S/c1-26-38(25-55-42-46-47-48-49(42)33-16-18-34(51)19-17-33)53-41(54-39(26)29-14-12-27(24-50)13-15-29)32-9-5-8-31(21-32)30-7-4-6-28(20-30)22-44-40(52)37-23-43-35-10-2-3-11-36(35)45-37/h2-21,23,26,38-39,41,50-51H,22,24-25H2,1H3,(H,44,52)/t26-,38+,39+,41+/m0/s1. The van der Waals surface area contributed by atoms with Crippen LogP contribution in [-0.2, 0) is 22.6 Å². The smallest absolute Gasteiger partial charge is 0.271 e. The molecule has 1 saturated heterocycles. The number of thioether (sulfide) groups is 1. The van der Waals surface area contributed by atoms with E-state index in [4.69, 9.17) is 9.47 Å². The van der Waals surface area contributed by atoms with Gasteiger partial charge in [0.2, 0.25) is 5.16 Å². The van der Waals surface area contributed by atoms with Gasteiger partial charge < -0.3 is 25.0 Å². The molecule has 4 atom stereocenters. The van der Waals surface area contributed by atoms with E-state index in [0.29, 0.717) is 23.0 Å². The largest absolute Gasteiger partial charge is 0.508 e. The van der Waals surface area contributed by atoms with Gasteiger partial charge in [0.05, 0.1) is 41.7 Å². The Morgan fingerprint density at radius 3 is 2.40 bits per heavy atom. The number of para-hydroxylation sites is 2. The third-order valence-electron chi connectivity index (χ3n) is 9.59. The van der Waals surface area contributed by atoms with Crippen LogP contribution >= 0.6 is 11.8 Å². The molecule has 5 aromatic carbocycles. The van der Waals surface area contributed by atoms with Crippen molar-refractivity contribution in [3.63, 3.8) is 0 Å². The summed E-state index contributed by atoms with van der Waals surface area (Å²) in [6.45, 7) is 2.39. The van der Waals surface area contributed by atoms with Crippen molar-refractivity contribution < 1.29 is 24.5 Å². The van der Waals surface area contributed by atoms with Crippen molar-refractivity contribution in [1.29, 1.82) is 0 Å². The zero-order valence-electron chi connectivity index (χ0n) is 29.8. The molecule has 12 nitrogen and oxygen atoms in total. The van der Waals surface area contributed by atoms with Gasteiger partial charge in [0.1, 0.15) is 11.4 Å². The Balaban J connectivity index is 1.01. The lowest BCUT2D eigenvalue weighted by Gasteiger charge is -2.41. The summed E-state index contributed by atoms with van der Waals surface area (Å²) >= 11 is 1.48. The quantitative estimate of drug-likeness (QED) is 0.117. The molecule has 1 aliphatic heterocycles. The number of phenols is 1. The van der Waals surface area contributed by atoms with Crippen LogP contribution in [-0.4, -0.2) is 58.2 Å². The molecular weight excluding hydrogens is 715 g/mol. The lowest BCUT2D eigenvalue weighted by molar-refractivity contribution is -0.268. The molecule has 13 heteroatoms. The summed E-state index contributed by atoms with van der Waals surface area (Å²) in [4.78, 5) is 21.8. The molecule has 3 N–H and O–H groups in total. The molecule has 0 saturated carbocycles. The fourth-order valence-corrected chi connectivity index (χ4v) is 7.61. The lowest BCUT2D eigenvalue weighted by Crippen LogP contribution is -2.38. The number of carbonyl (C=O) groups excluding carboxylic acids is 1. The van der Waals surface area contributed by atoms with E-state index in [1.165, 1.54) is 18.0 Å². The molecule has 0 aliphatic carbocycles. The van der Waals surface area contributed by atoms with Crippen LogP contribution in [0.2, 0.25) is 0 Å². The second-order valence-corrected chi connectivity index (χ2v) is 14.3. The van der Waals surface area contributed by atoms with E-state index in [1.54, 1.807) is 28.9 Å². The number of aromatic nitrogens is 6. The number of hydrogen-bond donors (Lipinski definition) is 3. The fourth-order valence-electron chi connectivity index (χ4n) is 6.56. The number of fused-ring (bicyclic) bond motifs is 1. The Hall–Kier alpha value is -5.99. The predicted octanol–water partition coefficient (Wildman–Crippen LogP) is 6.98. The minimum absolute atomic E-state index is 0.0401. The second kappa shape index (κ2) is 16.2. The maximum atomic E-state index is 13.0. The summed E-state index contributed by atoms with van der Waals surface area (Å²) in [5.41, 5.74) is 7.95. The van der Waals surface area contributed by atoms with Crippen molar-refractivity contribution >= 4 is 28.7 Å². The van der Waals surface area contributed by atoms with Crippen LogP contribution in [0.1, 0.15) is 52.1 Å². The Labute approximate surface area is 321 Å². The summed E-state index contributed by atoms with van der Waals surface area (Å²) in [6, 6.07) is 38.1. The molecule has 1 fully saturated rings. The highest BCUT2D eigenvalue weighted by Gasteiger charge is 2.38. The first-order valence-electron chi connectivity index (χ1n) is 17.8. The minimum Gasteiger partial charge on any atom is -0.508 e. The molecule has 8 rings (SSSR count). The van der Waals surface area contributed by atoms with Crippen LogP contribution in [0.5, 0.6) is 5.75 Å². The van der Waals surface area contributed by atoms with E-state index < -0.39 is 6.29 Å². The van der Waals surface area contributed by atoms with Gasteiger partial charge in [0, 0.05) is 23.8 Å². The number of nitrogens with one attached hydrogen (secondary N) is 1. The maximum Gasteiger partial charge on any atom is 0.271 e. The summed E-state index contributed by atoms with van der Waals surface area (Å²) in [7, 11) is 0. The van der Waals surface area contributed by atoms with Crippen LogP contribution in [0.3, 0.4) is 0 Å². The van der Waals surface area contributed by atoms with E-state index in [9.17, 15) is 15.0 Å². The average molecular weight is 752 g/mol. The van der Waals surface area contributed by atoms with E-state index in [-0.39, 0.29) is 42.1 Å². The van der Waals surface area contributed by atoms with Crippen molar-refractivity contribution in [2.75, 3.05) is 5.75 Å². The Morgan fingerprint density at radius 2 is 1.60 bits per heavy atom. The third kappa shape index (κ3) is 8.10. The van der Waals surface area contributed by atoms with Gasteiger partial charge in [0.15, 0.2) is 6.29 Å². The zero-order valence-corrected chi connectivity index (χ0v) is 30.6. The molecule has 0 radical (unpaired) electrons. The van der Waals surface area contributed by atoms with Crippen LogP contribution < -0.4 is 5.32 Å². The number of amides is 1. The van der Waals surface area contributed by atoms with Crippen molar-refractivity contribution in [3.05, 3.63) is 155 Å². The molecule has 1 aliphatic rings. The molecule has 0 unspecified atom stereocenters. The van der Waals surface area contributed by atoms with Gasteiger partial charge in [-0.25, -0.2) is 4.98 Å². The first kappa shape index (κ1) is 36.0. The van der Waals surface area contributed by atoms with E-state index in [1.807, 2.05) is 84.9 Å². The highest BCUT2D eigenvalue weighted by atomic mass is 32.2. The summed E-state index contributed by atoms with van der Waals surface area (Å²) in [5, 5.41) is 35.3. The zero-order chi connectivity index (χ0) is 37.7. The Bertz CT molecular complexity index is 2430. The summed E-state index contributed by atoms with van der Waals surface area (Å²) in [6.07, 6.45) is 0.268. The highest BCUT2D eigenvalue weighted by Crippen LogP contribution is 2.43. The SMILES string of the molecule is C[C@H]1[C@@H](CSc2nnnn2-c2ccc(O)cc2)O[C@@H](c2cccc(-c3cccc(CNC(=O)c4cnc5ccccc5n4)c3)c2)O[C@H]1c1ccc(CO)cc1. The third-order valence-corrected chi connectivity index (χ3v) is 10.6. The molecule has 0 spiro atoms. The average Bonchev–Trinajstić information content (AvgIpc) is 3.71. The van der Waals surface area contributed by atoms with Crippen LogP contribution in [0.4, 0.5) is 0 Å². The number of aliphatic hydroxyl groups is 1. The topological polar surface area (TPSA) is 157 Å². The van der Waals surface area contributed by atoms with Gasteiger partial charge in [0.25, 0.3) is 5.91 Å². The number of aromatic hydroxyl groups is 1. The number of benzene rings is 5. The van der Waals surface area contributed by atoms with Gasteiger partial charge in [-0.05, 0) is 86.8 Å². The number of nitrogens with zero attached hydrogens (tertiary/aromatic N) is 6. The molecule has 55 heavy (non-hydrogen) atoms. The van der Waals surface area contributed by atoms with Crippen molar-refractivity contribution in [2.24, 2.45) is 5.92 Å². The van der Waals surface area contributed by atoms with Gasteiger partial charge in [-0.1, -0.05) is 91.5 Å². The molecule has 7 aromatic rings. The molecule has 2 aromatic heterocycles. The minimum atomic E-state index is -0.678. The number of ether oxygens (including phenoxy) is 2. The Morgan fingerprint density at radius 1 is 0.836 bits per heavy atom. The van der Waals surface area contributed by atoms with Gasteiger partial charge >= 0.3 is 0 Å². The normalized spacial score (nSPS) is 18.3. The van der Waals surface area contributed by atoms with E-state index in [2.05, 4.69) is 49.9 Å². The van der Waals surface area contributed by atoms with Crippen molar-refractivity contribution in [1.82, 2.24) is 35.5 Å². The number of tetrazole rings is 1. The number of carbonyl (C=O) groups is 1. The second-order valence-electron chi connectivity index (χ2n) is 13.3. The Kier molecular flexibility index (Phi) is 10.6. The van der Waals surface area contributed by atoms with Crippen LogP contribution in [0.25, 0.3) is 27.8 Å². The van der Waals surface area contributed by atoms with Crippen LogP contribution in [0, 0.1) is 5.92 Å². The fraction of sp³-hybridized carbons (Fsp3) is 0.190. The molecule has 3 heterocycles. The van der Waals surface area contributed by atoms with Crippen molar-refractivity contribution in [3.8, 4) is 22.6 Å². The molecular formula is C42H37N7O5S. The molecule has 276 valence electrons. The number of aliphatic hydroxyl groups excluding tert-OH is 1. The lowest BCUT2D eigenvalue weighted by atomic mass is 9.91. The monoisotopic (exact) mass is 751 g/mol. The summed E-state index contributed by atoms with van der Waals surface area (Å²) in [5.74, 6) is 0.366. The maximum absolute atomic E-state index is 13.0. The first-order valence-corrected chi connectivity index (χ1v) is 18.8. The highest BCUT2D eigenvalue weighted by molar-refractivity contribution is 7.99. The first-order chi connectivity index (χ1) is 26.9. The van der Waals surface area contributed by atoms with E-state index in [0.717, 1.165) is 44.6 Å². The van der Waals surface area contributed by atoms with E-state index >= 15 is 0 Å². The number of rotatable bonds is 11. The van der Waals surface area contributed by atoms with Gasteiger partial charge in [-0.3, -0.25) is 9.78 Å². The summed E-state index contributed by atoms with van der Waals surface area (Å²) < 4.78 is 15.1. The van der Waals surface area contributed by atoms with Gasteiger partial charge in [-0.2, -0.15) is 4.68 Å². The molecule has 0 bridgehead atoms. The van der Waals surface area contributed by atoms with Gasteiger partial charge in [-0.15, -0.1) is 5.10 Å². The number of hydrogen-bond acceptors (Lipinski definition) is 11. The predicted molar refractivity (Wildman–Crippen MR) is 207 cm³/mol.